The Kier molecular flexibility index (Phi) is 9.08. The van der Waals surface area contributed by atoms with Crippen molar-refractivity contribution in [3.8, 4) is 28.3 Å². The molecule has 0 unspecified atom stereocenters. The zero-order valence-corrected chi connectivity index (χ0v) is 18.5. The van der Waals surface area contributed by atoms with Crippen LogP contribution >= 0.6 is 0 Å². The summed E-state index contributed by atoms with van der Waals surface area (Å²) >= 11 is 0. The summed E-state index contributed by atoms with van der Waals surface area (Å²) in [6.45, 7) is 0. The van der Waals surface area contributed by atoms with Crippen molar-refractivity contribution in [1.29, 1.82) is 0 Å². The molecule has 0 saturated heterocycles. The molecule has 3 nitrogen and oxygen atoms in total. The van der Waals surface area contributed by atoms with Crippen LogP contribution in [0.4, 0.5) is 0 Å². The number of nitrogens with zero attached hydrogens (tertiary/aromatic N) is 2. The zero-order chi connectivity index (χ0) is 19.9. The van der Waals surface area contributed by atoms with Crippen LogP contribution in [0.25, 0.3) is 33.3 Å². The van der Waals surface area contributed by atoms with Gasteiger partial charge in [0.15, 0.2) is 0 Å². The number of pyridine rings is 2. The fraction of sp³-hybridized carbons (Fsp3) is 0.0370. The number of hydrogen-bond acceptors (Lipinski definition) is 3. The Morgan fingerprint density at radius 3 is 2.10 bits per heavy atom. The van der Waals surface area contributed by atoms with Gasteiger partial charge in [0.25, 0.3) is 0 Å². The Morgan fingerprint density at radius 2 is 1.39 bits per heavy atom. The van der Waals surface area contributed by atoms with E-state index >= 15 is 0 Å². The Bertz CT molecular complexity index is 1170. The third-order valence-corrected chi connectivity index (χ3v) is 4.46. The number of hydrogen-bond donors (Lipinski definition) is 1. The largest absolute Gasteiger partial charge is 0.507 e. The topological polar surface area (TPSA) is 46.0 Å². The molecule has 0 bridgehead atoms. The second-order valence-electron chi connectivity index (χ2n) is 6.43. The van der Waals surface area contributed by atoms with Gasteiger partial charge in [0.05, 0.1) is 5.69 Å². The first-order valence-electron chi connectivity index (χ1n) is 9.32. The van der Waals surface area contributed by atoms with Gasteiger partial charge in [0.2, 0.25) is 0 Å². The second kappa shape index (κ2) is 11.8. The van der Waals surface area contributed by atoms with Gasteiger partial charge in [0, 0.05) is 43.4 Å². The molecule has 2 aromatic heterocycles. The standard InChI is InChI=1S/C15H11NO.C11H8N.CH4.Ir/c17-15-8-4-3-7-13(15)14-9-11-5-1-2-6-12(11)10-16-14;1-2-6-10(7-3-1)11-8-4-5-9-12-11;;/h1-10,17H;1-6,8-9H;1H4;/q;-1;;. The molecule has 0 saturated carbocycles. The minimum Gasteiger partial charge on any atom is -0.507 e. The van der Waals surface area contributed by atoms with Crippen molar-refractivity contribution in [3.05, 3.63) is 116 Å². The molecule has 0 fully saturated rings. The molecule has 0 spiro atoms. The van der Waals surface area contributed by atoms with Crippen LogP contribution in [0.5, 0.6) is 5.75 Å². The van der Waals surface area contributed by atoms with Crippen LogP contribution in [0.1, 0.15) is 7.43 Å². The van der Waals surface area contributed by atoms with Crippen molar-refractivity contribution in [3.63, 3.8) is 0 Å². The van der Waals surface area contributed by atoms with Gasteiger partial charge in [-0.25, -0.2) is 0 Å². The Hall–Kier alpha value is -3.33. The minimum atomic E-state index is 0. The zero-order valence-electron chi connectivity index (χ0n) is 16.1. The van der Waals surface area contributed by atoms with Crippen molar-refractivity contribution in [2.24, 2.45) is 0 Å². The predicted molar refractivity (Wildman–Crippen MR) is 124 cm³/mol. The summed E-state index contributed by atoms with van der Waals surface area (Å²) < 4.78 is 0. The summed E-state index contributed by atoms with van der Waals surface area (Å²) in [5, 5.41) is 12.0. The molecule has 31 heavy (non-hydrogen) atoms. The molecule has 5 aromatic rings. The van der Waals surface area contributed by atoms with Gasteiger partial charge in [-0.1, -0.05) is 56.0 Å². The van der Waals surface area contributed by atoms with E-state index in [0.717, 1.165) is 33.3 Å². The van der Waals surface area contributed by atoms with E-state index in [1.54, 1.807) is 18.3 Å². The van der Waals surface area contributed by atoms with E-state index in [2.05, 4.69) is 16.0 Å². The molecule has 4 heteroatoms. The predicted octanol–water partition coefficient (Wildman–Crippen LogP) is 6.79. The molecule has 0 aliphatic rings. The average molecular weight is 584 g/mol. The van der Waals surface area contributed by atoms with Gasteiger partial charge in [-0.05, 0) is 35.3 Å². The van der Waals surface area contributed by atoms with Crippen LogP contribution in [-0.2, 0) is 20.1 Å². The SMILES string of the molecule is C.Oc1ccccc1-c1cc2ccccc2cn1.[Ir].[c-]1ccccc1-c1ccccn1. The molecule has 0 atom stereocenters. The summed E-state index contributed by atoms with van der Waals surface area (Å²) in [5.41, 5.74) is 3.57. The van der Waals surface area contributed by atoms with Crippen molar-refractivity contribution in [2.45, 2.75) is 7.43 Å². The van der Waals surface area contributed by atoms with Crippen LogP contribution < -0.4 is 0 Å². The third-order valence-electron chi connectivity index (χ3n) is 4.46. The van der Waals surface area contributed by atoms with E-state index in [1.165, 1.54) is 0 Å². The quantitative estimate of drug-likeness (QED) is 0.233. The van der Waals surface area contributed by atoms with E-state index in [4.69, 9.17) is 0 Å². The Morgan fingerprint density at radius 1 is 0.677 bits per heavy atom. The molecule has 157 valence electrons. The first-order chi connectivity index (χ1) is 14.3. The number of aromatic hydroxyl groups is 1. The van der Waals surface area contributed by atoms with Crippen molar-refractivity contribution in [2.75, 3.05) is 0 Å². The van der Waals surface area contributed by atoms with Gasteiger partial charge < -0.3 is 10.1 Å². The van der Waals surface area contributed by atoms with Gasteiger partial charge in [-0.3, -0.25) is 4.98 Å². The van der Waals surface area contributed by atoms with Crippen molar-refractivity contribution >= 4 is 10.8 Å². The maximum absolute atomic E-state index is 9.80. The van der Waals surface area contributed by atoms with Crippen LogP contribution in [0.15, 0.2) is 109 Å². The normalized spacial score (nSPS) is 9.55. The first-order valence-corrected chi connectivity index (χ1v) is 9.32. The summed E-state index contributed by atoms with van der Waals surface area (Å²) in [6, 6.07) is 34.1. The number of para-hydroxylation sites is 1. The van der Waals surface area contributed by atoms with Crippen LogP contribution in [0.3, 0.4) is 0 Å². The smallest absolute Gasteiger partial charge is 0.124 e. The third kappa shape index (κ3) is 6.08. The van der Waals surface area contributed by atoms with Gasteiger partial charge >= 0.3 is 0 Å². The number of phenolic OH excluding ortho intramolecular Hbond substituents is 1. The summed E-state index contributed by atoms with van der Waals surface area (Å²) in [5.74, 6) is 0.260. The fourth-order valence-corrected chi connectivity index (χ4v) is 3.00. The molecular formula is C27H23IrN2O-. The van der Waals surface area contributed by atoms with E-state index in [-0.39, 0.29) is 33.3 Å². The number of aromatic nitrogens is 2. The van der Waals surface area contributed by atoms with Crippen LogP contribution in [0.2, 0.25) is 0 Å². The van der Waals surface area contributed by atoms with E-state index in [9.17, 15) is 5.11 Å². The monoisotopic (exact) mass is 584 g/mol. The molecule has 1 N–H and O–H groups in total. The maximum Gasteiger partial charge on any atom is 0.124 e. The fourth-order valence-electron chi connectivity index (χ4n) is 3.00. The first kappa shape index (κ1) is 23.9. The Balaban J connectivity index is 0.000000218. The molecule has 2 heterocycles. The molecule has 0 amide bonds. The number of rotatable bonds is 2. The molecule has 5 rings (SSSR count). The van der Waals surface area contributed by atoms with Crippen LogP contribution in [-0.4, -0.2) is 15.1 Å². The van der Waals surface area contributed by atoms with Gasteiger partial charge in [-0.2, -0.15) is 0 Å². The van der Waals surface area contributed by atoms with Gasteiger partial charge in [0.1, 0.15) is 5.75 Å². The molecule has 0 aliphatic carbocycles. The van der Waals surface area contributed by atoms with Crippen molar-refractivity contribution in [1.82, 2.24) is 9.97 Å². The molecule has 1 radical (unpaired) electrons. The van der Waals surface area contributed by atoms with Crippen molar-refractivity contribution < 1.29 is 25.2 Å². The maximum atomic E-state index is 9.80. The number of fused-ring (bicyclic) bond motifs is 1. The van der Waals surface area contributed by atoms with Gasteiger partial charge in [-0.15, -0.1) is 35.9 Å². The minimum absolute atomic E-state index is 0. The van der Waals surface area contributed by atoms with E-state index in [0.29, 0.717) is 0 Å². The van der Waals surface area contributed by atoms with E-state index < -0.39 is 0 Å². The summed E-state index contributed by atoms with van der Waals surface area (Å²) in [4.78, 5) is 8.60. The molecule has 0 aliphatic heterocycles. The van der Waals surface area contributed by atoms with E-state index in [1.807, 2.05) is 91.1 Å². The molecule has 3 aromatic carbocycles. The average Bonchev–Trinajstić information content (AvgIpc) is 2.81. The Labute approximate surface area is 196 Å². The number of benzene rings is 3. The molecular weight excluding hydrogens is 561 g/mol. The summed E-state index contributed by atoms with van der Waals surface area (Å²) in [6.07, 6.45) is 3.62. The van der Waals surface area contributed by atoms with Crippen LogP contribution in [0, 0.1) is 6.07 Å². The summed E-state index contributed by atoms with van der Waals surface area (Å²) in [7, 11) is 0. The second-order valence-corrected chi connectivity index (χ2v) is 6.43. The number of phenols is 1.